The van der Waals surface area contributed by atoms with Crippen molar-refractivity contribution in [3.8, 4) is 0 Å². The van der Waals surface area contributed by atoms with Crippen LogP contribution in [-0.2, 0) is 32.4 Å². The van der Waals surface area contributed by atoms with Gasteiger partial charge in [-0.2, -0.15) is 0 Å². The van der Waals surface area contributed by atoms with Crippen LogP contribution in [0.1, 0.15) is 67.2 Å². The standard InChI is InChI=1S/C21H44NO7PS2/c1-18(2)28-30(24,29-19(3)4)27-13-8-9-17-31-32-21(5,6)11-10-20(23)22-12-14-26-16-15-25-7/h18-19H,8-17H2,1-7H3,(H,22,23). The SMILES string of the molecule is COCCOCCNC(=O)CCC(C)(C)SSCCCCOP(=O)(OC(C)C)OC(C)C. The van der Waals surface area contributed by atoms with Crippen LogP contribution in [-0.4, -0.2) is 68.7 Å². The maximum Gasteiger partial charge on any atom is 0.475 e. The molecule has 1 amide bonds. The molecule has 0 saturated carbocycles. The van der Waals surface area contributed by atoms with Crippen molar-refractivity contribution in [2.75, 3.05) is 45.8 Å². The molecule has 0 spiro atoms. The molecule has 0 bridgehead atoms. The minimum absolute atomic E-state index is 0.000612. The van der Waals surface area contributed by atoms with E-state index in [-0.39, 0.29) is 22.9 Å². The molecular weight excluding hydrogens is 473 g/mol. The van der Waals surface area contributed by atoms with Gasteiger partial charge in [-0.05, 0) is 60.8 Å². The van der Waals surface area contributed by atoms with Crippen molar-refractivity contribution < 1.29 is 32.4 Å². The maximum atomic E-state index is 12.6. The van der Waals surface area contributed by atoms with E-state index in [4.69, 9.17) is 23.0 Å². The molecule has 0 aromatic heterocycles. The second-order valence-corrected chi connectivity index (χ2v) is 13.1. The number of nitrogens with one attached hydrogen (secondary N) is 1. The van der Waals surface area contributed by atoms with Gasteiger partial charge in [0.05, 0.1) is 38.6 Å². The third-order valence-corrected chi connectivity index (χ3v) is 9.08. The van der Waals surface area contributed by atoms with E-state index in [1.165, 1.54) is 0 Å². The average Bonchev–Trinajstić information content (AvgIpc) is 2.67. The summed E-state index contributed by atoms with van der Waals surface area (Å²) in [5, 5.41) is 2.88. The van der Waals surface area contributed by atoms with Crippen molar-refractivity contribution in [2.24, 2.45) is 0 Å². The van der Waals surface area contributed by atoms with Gasteiger partial charge < -0.3 is 14.8 Å². The molecule has 0 fully saturated rings. The number of phosphoric ester groups is 1. The van der Waals surface area contributed by atoms with Gasteiger partial charge in [0, 0.05) is 30.6 Å². The van der Waals surface area contributed by atoms with Crippen molar-refractivity contribution in [2.45, 2.75) is 84.2 Å². The molecule has 32 heavy (non-hydrogen) atoms. The zero-order valence-electron chi connectivity index (χ0n) is 20.8. The summed E-state index contributed by atoms with van der Waals surface area (Å²) in [6.45, 7) is 14.0. The Hall–Kier alpha value is 0.200. The quantitative estimate of drug-likeness (QED) is 0.121. The van der Waals surface area contributed by atoms with Crippen molar-refractivity contribution in [3.05, 3.63) is 0 Å². The first-order chi connectivity index (χ1) is 15.0. The van der Waals surface area contributed by atoms with Gasteiger partial charge in [-0.15, -0.1) is 0 Å². The number of rotatable bonds is 21. The van der Waals surface area contributed by atoms with Crippen LogP contribution in [0.5, 0.6) is 0 Å². The van der Waals surface area contributed by atoms with Crippen LogP contribution in [0, 0.1) is 0 Å². The zero-order valence-corrected chi connectivity index (χ0v) is 23.4. The summed E-state index contributed by atoms with van der Waals surface area (Å²) in [7, 11) is 1.70. The summed E-state index contributed by atoms with van der Waals surface area (Å²) in [5.74, 6) is 0.996. The van der Waals surface area contributed by atoms with E-state index >= 15 is 0 Å². The lowest BCUT2D eigenvalue weighted by atomic mass is 10.1. The van der Waals surface area contributed by atoms with Crippen molar-refractivity contribution >= 4 is 35.3 Å². The Bertz CT molecular complexity index is 522. The molecule has 0 radical (unpaired) electrons. The third kappa shape index (κ3) is 19.6. The number of methoxy groups -OCH3 is 1. The highest BCUT2D eigenvalue weighted by atomic mass is 33.1. The Balaban J connectivity index is 3.90. The van der Waals surface area contributed by atoms with E-state index in [2.05, 4.69) is 19.2 Å². The molecule has 0 aliphatic carbocycles. The van der Waals surface area contributed by atoms with E-state index in [0.717, 1.165) is 25.0 Å². The van der Waals surface area contributed by atoms with Crippen molar-refractivity contribution in [1.29, 1.82) is 0 Å². The molecule has 0 aliphatic rings. The van der Waals surface area contributed by atoms with E-state index in [0.29, 0.717) is 39.4 Å². The molecule has 0 heterocycles. The third-order valence-electron chi connectivity index (χ3n) is 3.79. The van der Waals surface area contributed by atoms with E-state index in [9.17, 15) is 9.36 Å². The molecule has 0 atom stereocenters. The first kappa shape index (κ1) is 32.2. The van der Waals surface area contributed by atoms with Gasteiger partial charge in [-0.25, -0.2) is 4.57 Å². The number of hydrogen-bond acceptors (Lipinski definition) is 9. The van der Waals surface area contributed by atoms with Crippen LogP contribution < -0.4 is 5.32 Å². The van der Waals surface area contributed by atoms with Crippen molar-refractivity contribution in [3.63, 3.8) is 0 Å². The molecular formula is C21H44NO7PS2. The lowest BCUT2D eigenvalue weighted by Crippen LogP contribution is -2.29. The highest BCUT2D eigenvalue weighted by Crippen LogP contribution is 2.51. The fraction of sp³-hybridized carbons (Fsp3) is 0.952. The largest absolute Gasteiger partial charge is 0.475 e. The predicted molar refractivity (Wildman–Crippen MR) is 134 cm³/mol. The fourth-order valence-corrected chi connectivity index (χ4v) is 6.57. The van der Waals surface area contributed by atoms with Crippen LogP contribution in [0.15, 0.2) is 0 Å². The minimum atomic E-state index is -3.51. The predicted octanol–water partition coefficient (Wildman–Crippen LogP) is 5.46. The molecule has 0 aliphatic heterocycles. The zero-order chi connectivity index (χ0) is 24.5. The Kier molecular flexibility index (Phi) is 18.6. The lowest BCUT2D eigenvalue weighted by Gasteiger charge is -2.23. The van der Waals surface area contributed by atoms with E-state index in [1.54, 1.807) is 56.4 Å². The first-order valence-electron chi connectivity index (χ1n) is 11.2. The Morgan fingerprint density at radius 3 is 2.25 bits per heavy atom. The summed E-state index contributed by atoms with van der Waals surface area (Å²) < 4.78 is 39.0. The number of ether oxygens (including phenoxy) is 2. The van der Waals surface area contributed by atoms with Gasteiger partial charge in [0.2, 0.25) is 5.91 Å². The fourth-order valence-electron chi connectivity index (χ4n) is 2.29. The summed E-state index contributed by atoms with van der Waals surface area (Å²) in [5.41, 5.74) is 0. The number of carbonyl (C=O) groups is 1. The van der Waals surface area contributed by atoms with Crippen LogP contribution in [0.25, 0.3) is 0 Å². The smallest absolute Gasteiger partial charge is 0.382 e. The lowest BCUT2D eigenvalue weighted by molar-refractivity contribution is -0.121. The number of unbranched alkanes of at least 4 members (excludes halogenated alkanes) is 1. The number of hydrogen-bond donors (Lipinski definition) is 1. The van der Waals surface area contributed by atoms with Gasteiger partial charge in [-0.3, -0.25) is 18.4 Å². The molecule has 11 heteroatoms. The topological polar surface area (TPSA) is 92.3 Å². The second kappa shape index (κ2) is 18.5. The molecule has 192 valence electrons. The molecule has 8 nitrogen and oxygen atoms in total. The van der Waals surface area contributed by atoms with Gasteiger partial charge in [0.15, 0.2) is 0 Å². The molecule has 0 unspecified atom stereocenters. The monoisotopic (exact) mass is 517 g/mol. The number of phosphoric acid groups is 1. The summed E-state index contributed by atoms with van der Waals surface area (Å²) in [6, 6.07) is 0. The Morgan fingerprint density at radius 1 is 1.00 bits per heavy atom. The Morgan fingerprint density at radius 2 is 1.66 bits per heavy atom. The number of carbonyl (C=O) groups excluding carboxylic acids is 1. The van der Waals surface area contributed by atoms with Gasteiger partial charge in [0.25, 0.3) is 0 Å². The second-order valence-electron chi connectivity index (χ2n) is 8.42. The maximum absolute atomic E-state index is 12.6. The molecule has 0 aromatic rings. The van der Waals surface area contributed by atoms with Gasteiger partial charge in [-0.1, -0.05) is 21.6 Å². The summed E-state index contributed by atoms with van der Waals surface area (Å²) in [4.78, 5) is 12.0. The van der Waals surface area contributed by atoms with Crippen LogP contribution >= 0.6 is 29.4 Å². The minimum Gasteiger partial charge on any atom is -0.382 e. The van der Waals surface area contributed by atoms with Crippen LogP contribution in [0.3, 0.4) is 0 Å². The van der Waals surface area contributed by atoms with Crippen LogP contribution in [0.4, 0.5) is 0 Å². The molecule has 0 aromatic carbocycles. The van der Waals surface area contributed by atoms with Gasteiger partial charge in [0.1, 0.15) is 0 Å². The first-order valence-corrected chi connectivity index (χ1v) is 15.0. The Labute approximate surface area is 203 Å². The summed E-state index contributed by atoms with van der Waals surface area (Å²) >= 11 is 0. The number of amides is 1. The normalized spacial score (nSPS) is 12.7. The molecule has 1 N–H and O–H groups in total. The highest BCUT2D eigenvalue weighted by Gasteiger charge is 2.29. The molecule has 0 rings (SSSR count). The van der Waals surface area contributed by atoms with Crippen LogP contribution in [0.2, 0.25) is 0 Å². The van der Waals surface area contributed by atoms with E-state index in [1.807, 2.05) is 0 Å². The highest BCUT2D eigenvalue weighted by molar-refractivity contribution is 8.77. The van der Waals surface area contributed by atoms with E-state index < -0.39 is 7.82 Å². The molecule has 0 saturated heterocycles. The summed E-state index contributed by atoms with van der Waals surface area (Å²) in [6.07, 6.45) is 2.53. The van der Waals surface area contributed by atoms with Gasteiger partial charge >= 0.3 is 7.82 Å². The van der Waals surface area contributed by atoms with Crippen molar-refractivity contribution in [1.82, 2.24) is 5.32 Å². The average molecular weight is 518 g/mol.